The van der Waals surface area contributed by atoms with Gasteiger partial charge in [0.2, 0.25) is 0 Å². The molecular weight excluding hydrogens is 360 g/mol. The molecule has 0 aliphatic carbocycles. The number of carbonyl (C=O) groups is 1. The number of nitrogens with zero attached hydrogens (tertiary/aromatic N) is 2. The van der Waals surface area contributed by atoms with Gasteiger partial charge < -0.3 is 10.6 Å². The molecule has 29 heavy (non-hydrogen) atoms. The molecule has 1 saturated heterocycles. The molecule has 1 aliphatic heterocycles. The van der Waals surface area contributed by atoms with E-state index >= 15 is 0 Å². The highest BCUT2D eigenvalue weighted by atomic mass is 16.2. The van der Waals surface area contributed by atoms with E-state index in [1.54, 1.807) is 0 Å². The largest absolute Gasteiger partial charge is 0.338 e. The summed E-state index contributed by atoms with van der Waals surface area (Å²) in [6.45, 7) is 3.62. The maximum Gasteiger partial charge on any atom is 0.315 e. The van der Waals surface area contributed by atoms with Crippen LogP contribution in [0.5, 0.6) is 0 Å². The van der Waals surface area contributed by atoms with E-state index in [4.69, 9.17) is 0 Å². The van der Waals surface area contributed by atoms with E-state index in [-0.39, 0.29) is 12.1 Å². The second-order valence-corrected chi connectivity index (χ2v) is 7.68. The molecule has 1 aliphatic rings. The van der Waals surface area contributed by atoms with Crippen LogP contribution < -0.4 is 10.6 Å². The molecule has 0 atom stereocenters. The van der Waals surface area contributed by atoms with E-state index in [9.17, 15) is 4.79 Å². The molecule has 2 amide bonds. The molecule has 2 aromatic carbocycles. The van der Waals surface area contributed by atoms with Crippen molar-refractivity contribution >= 4 is 16.9 Å². The fourth-order valence-corrected chi connectivity index (χ4v) is 3.99. The lowest BCUT2D eigenvalue weighted by Gasteiger charge is -2.32. The van der Waals surface area contributed by atoms with Crippen LogP contribution in [-0.4, -0.2) is 41.6 Å². The Balaban J connectivity index is 1.19. The van der Waals surface area contributed by atoms with Crippen molar-refractivity contribution in [2.24, 2.45) is 0 Å². The molecule has 1 aromatic heterocycles. The van der Waals surface area contributed by atoms with Crippen LogP contribution >= 0.6 is 0 Å². The van der Waals surface area contributed by atoms with Gasteiger partial charge in [-0.1, -0.05) is 54.6 Å². The van der Waals surface area contributed by atoms with Crippen LogP contribution in [0.25, 0.3) is 10.9 Å². The number of amides is 2. The number of rotatable bonds is 6. The lowest BCUT2D eigenvalue weighted by Crippen LogP contribution is -2.48. The first-order valence-corrected chi connectivity index (χ1v) is 10.4. The summed E-state index contributed by atoms with van der Waals surface area (Å²) in [5.74, 6) is 0. The van der Waals surface area contributed by atoms with Crippen LogP contribution in [0.4, 0.5) is 4.79 Å². The quantitative estimate of drug-likeness (QED) is 0.676. The molecule has 5 heteroatoms. The summed E-state index contributed by atoms with van der Waals surface area (Å²) < 4.78 is 0. The minimum atomic E-state index is -0.0697. The third-order valence-corrected chi connectivity index (χ3v) is 5.57. The van der Waals surface area contributed by atoms with Gasteiger partial charge in [0.05, 0.1) is 5.52 Å². The summed E-state index contributed by atoms with van der Waals surface area (Å²) in [5, 5.41) is 7.27. The van der Waals surface area contributed by atoms with Gasteiger partial charge in [0.1, 0.15) is 0 Å². The van der Waals surface area contributed by atoms with Crippen molar-refractivity contribution in [2.45, 2.75) is 31.8 Å². The van der Waals surface area contributed by atoms with Gasteiger partial charge in [0.25, 0.3) is 0 Å². The van der Waals surface area contributed by atoms with Crippen LogP contribution in [0.3, 0.4) is 0 Å². The normalized spacial score (nSPS) is 15.3. The van der Waals surface area contributed by atoms with Crippen LogP contribution in [0.1, 0.15) is 24.0 Å². The van der Waals surface area contributed by atoms with Gasteiger partial charge in [-0.2, -0.15) is 0 Å². The molecule has 2 N–H and O–H groups in total. The summed E-state index contributed by atoms with van der Waals surface area (Å²) in [5.41, 5.74) is 3.53. The predicted molar refractivity (Wildman–Crippen MR) is 117 cm³/mol. The van der Waals surface area contributed by atoms with E-state index in [0.29, 0.717) is 6.54 Å². The van der Waals surface area contributed by atoms with Gasteiger partial charge in [0, 0.05) is 43.8 Å². The Morgan fingerprint density at radius 1 is 1.00 bits per heavy atom. The van der Waals surface area contributed by atoms with Crippen molar-refractivity contribution in [3.63, 3.8) is 0 Å². The summed E-state index contributed by atoms with van der Waals surface area (Å²) in [7, 11) is 0. The number of para-hydroxylation sites is 1. The Morgan fingerprint density at radius 2 is 1.79 bits per heavy atom. The molecular formula is C24H28N4O. The highest BCUT2D eigenvalue weighted by molar-refractivity contribution is 5.81. The SMILES string of the molecule is O=C(NCCc1cccc2cccnc12)NC1CCN(Cc2ccccc2)CC1. The second-order valence-electron chi connectivity index (χ2n) is 7.68. The zero-order chi connectivity index (χ0) is 19.9. The molecule has 150 valence electrons. The van der Waals surface area contributed by atoms with Gasteiger partial charge in [-0.25, -0.2) is 4.79 Å². The number of hydrogen-bond acceptors (Lipinski definition) is 3. The summed E-state index contributed by atoms with van der Waals surface area (Å²) in [4.78, 5) is 19.2. The highest BCUT2D eigenvalue weighted by Gasteiger charge is 2.20. The first-order valence-electron chi connectivity index (χ1n) is 10.4. The second kappa shape index (κ2) is 9.52. The predicted octanol–water partition coefficient (Wildman–Crippen LogP) is 3.74. The van der Waals surface area contributed by atoms with E-state index in [1.807, 2.05) is 18.3 Å². The number of benzene rings is 2. The smallest absolute Gasteiger partial charge is 0.315 e. The maximum absolute atomic E-state index is 12.3. The third kappa shape index (κ3) is 5.33. The molecule has 4 rings (SSSR count). The fourth-order valence-electron chi connectivity index (χ4n) is 3.99. The van der Waals surface area contributed by atoms with Crippen LogP contribution in [0.15, 0.2) is 66.9 Å². The Kier molecular flexibility index (Phi) is 6.37. The number of pyridine rings is 1. The average Bonchev–Trinajstić information content (AvgIpc) is 2.76. The van der Waals surface area contributed by atoms with E-state index in [2.05, 4.69) is 69.0 Å². The number of piperidine rings is 1. The molecule has 0 radical (unpaired) electrons. The van der Waals surface area contributed by atoms with Gasteiger partial charge in [-0.15, -0.1) is 0 Å². The van der Waals surface area contributed by atoms with E-state index in [1.165, 1.54) is 5.56 Å². The standard InChI is InChI=1S/C24H28N4O/c29-24(26-15-11-21-9-4-8-20-10-5-14-25-23(20)21)27-22-12-16-28(17-13-22)18-19-6-2-1-3-7-19/h1-10,14,22H,11-13,15-18H2,(H2,26,27,29). The fraction of sp³-hybridized carbons (Fsp3) is 0.333. The van der Waals surface area contributed by atoms with Gasteiger partial charge in [-0.3, -0.25) is 9.88 Å². The molecule has 0 spiro atoms. The molecule has 3 aromatic rings. The van der Waals surface area contributed by atoms with Gasteiger partial charge in [-0.05, 0) is 36.5 Å². The molecule has 1 fully saturated rings. The maximum atomic E-state index is 12.3. The molecule has 0 saturated carbocycles. The zero-order valence-electron chi connectivity index (χ0n) is 16.7. The topological polar surface area (TPSA) is 57.3 Å². The monoisotopic (exact) mass is 388 g/mol. The number of fused-ring (bicyclic) bond motifs is 1. The molecule has 0 bridgehead atoms. The van der Waals surface area contributed by atoms with Crippen LogP contribution in [0, 0.1) is 0 Å². The number of urea groups is 1. The first kappa shape index (κ1) is 19.4. The highest BCUT2D eigenvalue weighted by Crippen LogP contribution is 2.16. The summed E-state index contributed by atoms with van der Waals surface area (Å²) in [6.07, 6.45) is 4.58. The Labute approximate surface area is 172 Å². The first-order chi connectivity index (χ1) is 14.3. The summed E-state index contributed by atoms with van der Waals surface area (Å²) in [6, 6.07) is 20.9. The van der Waals surface area contributed by atoms with Crippen molar-refractivity contribution in [1.29, 1.82) is 0 Å². The van der Waals surface area contributed by atoms with Crippen molar-refractivity contribution in [1.82, 2.24) is 20.5 Å². The van der Waals surface area contributed by atoms with Crippen LogP contribution in [0.2, 0.25) is 0 Å². The van der Waals surface area contributed by atoms with Crippen molar-refractivity contribution < 1.29 is 4.79 Å². The Morgan fingerprint density at radius 3 is 2.62 bits per heavy atom. The summed E-state index contributed by atoms with van der Waals surface area (Å²) >= 11 is 0. The van der Waals surface area contributed by atoms with E-state index in [0.717, 1.165) is 55.4 Å². The van der Waals surface area contributed by atoms with Crippen LogP contribution in [-0.2, 0) is 13.0 Å². The Hall–Kier alpha value is -2.92. The molecule has 2 heterocycles. The molecule has 0 unspecified atom stereocenters. The van der Waals surface area contributed by atoms with Crippen molar-refractivity contribution in [3.05, 3.63) is 78.0 Å². The Bertz CT molecular complexity index is 931. The number of nitrogens with one attached hydrogen (secondary N) is 2. The zero-order valence-corrected chi connectivity index (χ0v) is 16.7. The van der Waals surface area contributed by atoms with Crippen molar-refractivity contribution in [3.8, 4) is 0 Å². The van der Waals surface area contributed by atoms with Crippen molar-refractivity contribution in [2.75, 3.05) is 19.6 Å². The lowest BCUT2D eigenvalue weighted by molar-refractivity contribution is 0.186. The third-order valence-electron chi connectivity index (χ3n) is 5.57. The number of hydrogen-bond donors (Lipinski definition) is 2. The number of likely N-dealkylation sites (tertiary alicyclic amines) is 1. The lowest BCUT2D eigenvalue weighted by atomic mass is 10.0. The number of carbonyl (C=O) groups excluding carboxylic acids is 1. The number of aromatic nitrogens is 1. The van der Waals surface area contributed by atoms with Gasteiger partial charge in [0.15, 0.2) is 0 Å². The minimum absolute atomic E-state index is 0.0697. The van der Waals surface area contributed by atoms with Gasteiger partial charge >= 0.3 is 6.03 Å². The molecule has 5 nitrogen and oxygen atoms in total. The minimum Gasteiger partial charge on any atom is -0.338 e. The average molecular weight is 389 g/mol. The van der Waals surface area contributed by atoms with E-state index < -0.39 is 0 Å².